The number of hydrogen-bond acceptors (Lipinski definition) is 7. The maximum atomic E-state index is 10.5. The van der Waals surface area contributed by atoms with E-state index in [0.717, 1.165) is 0 Å². The Bertz CT molecular complexity index is 291. The first-order valence-electron chi connectivity index (χ1n) is 4.24. The van der Waals surface area contributed by atoms with Crippen molar-refractivity contribution in [2.24, 2.45) is 0 Å². The highest BCUT2D eigenvalue weighted by Gasteiger charge is 2.37. The normalized spacial score (nSPS) is 20.1. The molecule has 0 amide bonds. The number of aldehydes is 1. The summed E-state index contributed by atoms with van der Waals surface area (Å²) >= 11 is 4.02. The lowest BCUT2D eigenvalue weighted by molar-refractivity contribution is -0.243. The first kappa shape index (κ1) is 16.8. The van der Waals surface area contributed by atoms with Gasteiger partial charge in [0.15, 0.2) is 0 Å². The van der Waals surface area contributed by atoms with Crippen LogP contribution in [0.5, 0.6) is 0 Å². The molecule has 0 aliphatic carbocycles. The van der Waals surface area contributed by atoms with Crippen LogP contribution in [0.15, 0.2) is 0 Å². The van der Waals surface area contributed by atoms with Crippen LogP contribution in [-0.4, -0.2) is 67.5 Å². The molecule has 0 aliphatic rings. The fourth-order valence-electron chi connectivity index (χ4n) is 0.911. The van der Waals surface area contributed by atoms with Gasteiger partial charge in [0, 0.05) is 0 Å². The minimum absolute atomic E-state index is 0.548. The zero-order chi connectivity index (χ0) is 13.6. The lowest BCUT2D eigenvalue weighted by Gasteiger charge is -2.24. The van der Waals surface area contributed by atoms with Crippen LogP contribution in [0.4, 0.5) is 0 Å². The molecule has 0 unspecified atom stereocenters. The van der Waals surface area contributed by atoms with Gasteiger partial charge < -0.3 is 34.1 Å². The zero-order valence-corrected chi connectivity index (χ0v) is 10.1. The number of phosphoric ester groups is 1. The van der Waals surface area contributed by atoms with E-state index in [9.17, 15) is 14.8 Å². The summed E-state index contributed by atoms with van der Waals surface area (Å²) in [5.41, 5.74) is 0. The number of carbonyl (C=O) groups excluding carboxylic acids is 1. The molecule has 6 N–H and O–H groups in total. The Kier molecular flexibility index (Phi) is 7.24. The quantitative estimate of drug-likeness (QED) is 0.122. The fraction of sp³-hybridized carbons (Fsp3) is 0.833. The van der Waals surface area contributed by atoms with Crippen LogP contribution < -0.4 is 0 Å². The second-order valence-corrected chi connectivity index (χ2v) is 4.41. The molecule has 0 fully saturated rings. The second-order valence-electron chi connectivity index (χ2n) is 3.02. The van der Waals surface area contributed by atoms with Gasteiger partial charge in [-0.25, -0.2) is 17.5 Å². The third-order valence-corrected chi connectivity index (χ3v) is 2.35. The summed E-state index contributed by atoms with van der Waals surface area (Å²) < 4.78 is 18.6. The van der Waals surface area contributed by atoms with Gasteiger partial charge in [-0.1, -0.05) is 0 Å². The van der Waals surface area contributed by atoms with E-state index >= 15 is 0 Å². The molecule has 0 aromatic carbocycles. The maximum absolute atomic E-state index is 10.5. The molecule has 0 radical (unpaired) electrons. The monoisotopic (exact) mass is 292 g/mol. The van der Waals surface area contributed by atoms with Crippen LogP contribution in [-0.2, 0) is 25.9 Å². The van der Waals surface area contributed by atoms with Crippen molar-refractivity contribution >= 4 is 27.0 Å². The largest absolute Gasteiger partial charge is 0.470 e. The molecule has 0 bridgehead atoms. The lowest BCUT2D eigenvalue weighted by Crippen LogP contribution is -2.47. The Labute approximate surface area is 102 Å². The summed E-state index contributed by atoms with van der Waals surface area (Å²) in [7, 11) is -4.96. The standard InChI is InChI=1S/C6H13O9PS/c7-1-3(8)5(9)6(10)4(2-14-17)15-16(11,12)13/h2-10H,1H2,(H2,11,12,13)/t3-,4-,5-,6-/m1/s1. The van der Waals surface area contributed by atoms with Gasteiger partial charge in [0.1, 0.15) is 18.3 Å². The van der Waals surface area contributed by atoms with Crippen molar-refractivity contribution in [2.45, 2.75) is 24.4 Å². The van der Waals surface area contributed by atoms with Gasteiger partial charge in [-0.15, -0.1) is 0 Å². The molecule has 0 aliphatic heterocycles. The van der Waals surface area contributed by atoms with Crippen LogP contribution in [0, 0.1) is 0 Å². The molecule has 11 heteroatoms. The molecule has 0 spiro atoms. The van der Waals surface area contributed by atoms with Gasteiger partial charge in [0.05, 0.1) is 6.61 Å². The van der Waals surface area contributed by atoms with Crippen LogP contribution in [0.25, 0.3) is 0 Å². The highest BCUT2D eigenvalue weighted by Crippen LogP contribution is 2.38. The Balaban J connectivity index is 4.76. The first-order chi connectivity index (χ1) is 7.72. The Morgan fingerprint density at radius 3 is 2.18 bits per heavy atom. The SMILES string of the molecule is O=P(O)(O)O[C@H](C=[O+][S-])[C@@H](O)[C@H](O)[C@H](O)CO. The molecule has 9 nitrogen and oxygen atoms in total. The Hall–Kier alpha value is -0.160. The smallest absolute Gasteiger partial charge is 0.394 e. The highest BCUT2D eigenvalue weighted by atomic mass is 32.1. The third kappa shape index (κ3) is 6.36. The molecule has 0 saturated heterocycles. The van der Waals surface area contributed by atoms with Crippen molar-refractivity contribution in [1.29, 1.82) is 0 Å². The summed E-state index contributed by atoms with van der Waals surface area (Å²) in [4.78, 5) is 17.0. The molecule has 0 heterocycles. The molecule has 0 aromatic rings. The van der Waals surface area contributed by atoms with Crippen molar-refractivity contribution in [3.8, 4) is 0 Å². The van der Waals surface area contributed by atoms with E-state index in [1.807, 2.05) is 0 Å². The summed E-state index contributed by atoms with van der Waals surface area (Å²) in [6.07, 6.45) is -6.80. The molecule has 4 atom stereocenters. The number of aliphatic hydroxyl groups excluding tert-OH is 4. The summed E-state index contributed by atoms with van der Waals surface area (Å²) in [6.45, 7) is -0.865. The third-order valence-electron chi connectivity index (χ3n) is 1.72. The maximum Gasteiger partial charge on any atom is 0.470 e. The molecular formula is C6H13O9PS. The molecule has 0 saturated carbocycles. The molecular weight excluding hydrogens is 279 g/mol. The lowest BCUT2D eigenvalue weighted by atomic mass is 10.0. The van der Waals surface area contributed by atoms with E-state index in [1.54, 1.807) is 0 Å². The number of aliphatic hydroxyl groups is 4. The number of hydrogen-bond donors (Lipinski definition) is 6. The van der Waals surface area contributed by atoms with Gasteiger partial charge in [-0.3, -0.25) is 4.52 Å². The Morgan fingerprint density at radius 1 is 1.29 bits per heavy atom. The summed E-state index contributed by atoms with van der Waals surface area (Å²) in [6, 6.07) is 0. The number of rotatable bonds is 7. The molecule has 0 aromatic heterocycles. The van der Waals surface area contributed by atoms with Gasteiger partial charge in [-0.05, 0) is 0 Å². The minimum atomic E-state index is -4.96. The van der Waals surface area contributed by atoms with E-state index in [-0.39, 0.29) is 0 Å². The van der Waals surface area contributed by atoms with Crippen molar-refractivity contribution in [2.75, 3.05) is 6.61 Å². The molecule has 0 rings (SSSR count). The van der Waals surface area contributed by atoms with Gasteiger partial charge in [0.25, 0.3) is 6.29 Å². The van der Waals surface area contributed by atoms with Crippen molar-refractivity contribution in [3.05, 3.63) is 0 Å². The van der Waals surface area contributed by atoms with E-state index in [0.29, 0.717) is 6.29 Å². The summed E-state index contributed by atoms with van der Waals surface area (Å²) in [5, 5.41) is 36.2. The van der Waals surface area contributed by atoms with E-state index < -0.39 is 38.8 Å². The van der Waals surface area contributed by atoms with Crippen molar-refractivity contribution in [1.82, 2.24) is 0 Å². The van der Waals surface area contributed by atoms with Crippen LogP contribution >= 0.6 is 7.82 Å². The van der Waals surface area contributed by atoms with Crippen molar-refractivity contribution < 1.29 is 43.2 Å². The van der Waals surface area contributed by atoms with Gasteiger partial charge in [0.2, 0.25) is 6.10 Å². The Morgan fingerprint density at radius 2 is 1.82 bits per heavy atom. The van der Waals surface area contributed by atoms with Crippen LogP contribution in [0.2, 0.25) is 0 Å². The minimum Gasteiger partial charge on any atom is -0.394 e. The first-order valence-corrected chi connectivity index (χ1v) is 6.10. The predicted molar refractivity (Wildman–Crippen MR) is 55.5 cm³/mol. The summed E-state index contributed by atoms with van der Waals surface area (Å²) in [5.74, 6) is 0. The van der Waals surface area contributed by atoms with Gasteiger partial charge >= 0.3 is 7.82 Å². The van der Waals surface area contributed by atoms with E-state index in [4.69, 9.17) is 20.0 Å². The van der Waals surface area contributed by atoms with E-state index in [1.165, 1.54) is 0 Å². The number of phosphoric acid groups is 1. The van der Waals surface area contributed by atoms with Crippen molar-refractivity contribution in [3.63, 3.8) is 0 Å². The average Bonchev–Trinajstić information content (AvgIpc) is 2.23. The highest BCUT2D eigenvalue weighted by molar-refractivity contribution is 7.50. The zero-order valence-electron chi connectivity index (χ0n) is 8.36. The predicted octanol–water partition coefficient (Wildman–Crippen LogP) is -3.26. The molecule has 17 heavy (non-hydrogen) atoms. The topological polar surface area (TPSA) is 159 Å². The van der Waals surface area contributed by atoms with Crippen LogP contribution in [0.3, 0.4) is 0 Å². The van der Waals surface area contributed by atoms with Crippen LogP contribution in [0.1, 0.15) is 0 Å². The van der Waals surface area contributed by atoms with Gasteiger partial charge in [-0.2, -0.15) is 0 Å². The molecule has 102 valence electrons. The second kappa shape index (κ2) is 7.31. The fourth-order valence-corrected chi connectivity index (χ4v) is 1.51. The van der Waals surface area contributed by atoms with E-state index in [2.05, 4.69) is 21.3 Å². The average molecular weight is 292 g/mol.